The number of aryl methyl sites for hydroxylation is 1. The van der Waals surface area contributed by atoms with Crippen molar-refractivity contribution in [2.45, 2.75) is 32.4 Å². The summed E-state index contributed by atoms with van der Waals surface area (Å²) < 4.78 is 6.38. The molecule has 2 atom stereocenters. The number of benzene rings is 1. The van der Waals surface area contributed by atoms with E-state index in [1.807, 2.05) is 0 Å². The molecular formula is C18H29N3O. The normalized spacial score (nSPS) is 29.0. The number of rotatable bonds is 2. The fraction of sp³-hybridized carbons (Fsp3) is 0.667. The van der Waals surface area contributed by atoms with E-state index in [2.05, 4.69) is 55.8 Å². The summed E-state index contributed by atoms with van der Waals surface area (Å²) in [6.07, 6.45) is 0. The van der Waals surface area contributed by atoms with Crippen LogP contribution in [0.2, 0.25) is 0 Å². The Hall–Kier alpha value is -1.10. The molecule has 2 heterocycles. The zero-order chi connectivity index (χ0) is 15.9. The Balaban J connectivity index is 1.82. The fourth-order valence-electron chi connectivity index (χ4n) is 3.71. The van der Waals surface area contributed by atoms with Crippen molar-refractivity contribution in [1.29, 1.82) is 0 Å². The van der Waals surface area contributed by atoms with Gasteiger partial charge in [-0.3, -0.25) is 0 Å². The van der Waals surface area contributed by atoms with E-state index in [9.17, 15) is 0 Å². The molecular weight excluding hydrogens is 274 g/mol. The van der Waals surface area contributed by atoms with E-state index in [1.165, 1.54) is 11.1 Å². The highest BCUT2D eigenvalue weighted by atomic mass is 16.5. The van der Waals surface area contributed by atoms with Crippen LogP contribution in [0.4, 0.5) is 0 Å². The Kier molecular flexibility index (Phi) is 4.19. The number of piperazine rings is 1. The van der Waals surface area contributed by atoms with Gasteiger partial charge in [-0.1, -0.05) is 18.2 Å². The number of hydrogen-bond acceptors (Lipinski definition) is 4. The predicted molar refractivity (Wildman–Crippen MR) is 90.2 cm³/mol. The van der Waals surface area contributed by atoms with E-state index in [0.29, 0.717) is 5.92 Å². The molecule has 1 aromatic rings. The summed E-state index contributed by atoms with van der Waals surface area (Å²) in [5.74, 6) is 1.31. The fourth-order valence-corrected chi connectivity index (χ4v) is 3.71. The second-order valence-electron chi connectivity index (χ2n) is 7.43. The third-order valence-electron chi connectivity index (χ3n) is 5.34. The van der Waals surface area contributed by atoms with Crippen molar-refractivity contribution >= 4 is 0 Å². The van der Waals surface area contributed by atoms with Gasteiger partial charge in [-0.15, -0.1) is 0 Å². The lowest BCUT2D eigenvalue weighted by molar-refractivity contribution is -0.0130. The summed E-state index contributed by atoms with van der Waals surface area (Å²) in [6.45, 7) is 12.0. The van der Waals surface area contributed by atoms with Gasteiger partial charge in [0.2, 0.25) is 0 Å². The van der Waals surface area contributed by atoms with Crippen molar-refractivity contribution < 1.29 is 4.74 Å². The van der Waals surface area contributed by atoms with Crippen LogP contribution in [0.15, 0.2) is 18.2 Å². The molecule has 1 fully saturated rings. The van der Waals surface area contributed by atoms with Crippen molar-refractivity contribution in [3.05, 3.63) is 29.3 Å². The first-order valence-corrected chi connectivity index (χ1v) is 8.33. The van der Waals surface area contributed by atoms with Crippen LogP contribution >= 0.6 is 0 Å². The van der Waals surface area contributed by atoms with Gasteiger partial charge in [0, 0.05) is 50.2 Å². The predicted octanol–water partition coefficient (Wildman–Crippen LogP) is 2.03. The van der Waals surface area contributed by atoms with Gasteiger partial charge in [0.05, 0.1) is 0 Å². The van der Waals surface area contributed by atoms with Crippen LogP contribution in [0.25, 0.3) is 0 Å². The molecule has 3 rings (SSSR count). The Bertz CT molecular complexity index is 535. The molecule has 4 heteroatoms. The number of fused-ring (bicyclic) bond motifs is 1. The molecule has 22 heavy (non-hydrogen) atoms. The number of likely N-dealkylation sites (N-methyl/N-ethyl adjacent to an activating group) is 1. The van der Waals surface area contributed by atoms with Crippen molar-refractivity contribution in [2.75, 3.05) is 39.8 Å². The van der Waals surface area contributed by atoms with Gasteiger partial charge in [0.15, 0.2) is 0 Å². The molecule has 1 aromatic carbocycles. The highest BCUT2D eigenvalue weighted by Gasteiger charge is 2.43. The Labute approximate surface area is 134 Å². The minimum Gasteiger partial charge on any atom is -0.487 e. The van der Waals surface area contributed by atoms with Gasteiger partial charge in [-0.05, 0) is 33.4 Å². The van der Waals surface area contributed by atoms with Gasteiger partial charge in [0.1, 0.15) is 11.4 Å². The van der Waals surface area contributed by atoms with Crippen LogP contribution in [-0.4, -0.2) is 55.2 Å². The summed E-state index contributed by atoms with van der Waals surface area (Å²) in [5.41, 5.74) is 8.77. The van der Waals surface area contributed by atoms with E-state index >= 15 is 0 Å². The highest BCUT2D eigenvalue weighted by molar-refractivity contribution is 5.45. The molecule has 0 bridgehead atoms. The smallest absolute Gasteiger partial charge is 0.127 e. The quantitative estimate of drug-likeness (QED) is 0.908. The molecule has 2 N–H and O–H groups in total. The molecule has 0 spiro atoms. The largest absolute Gasteiger partial charge is 0.487 e. The minimum absolute atomic E-state index is 0.0401. The number of nitrogens with zero attached hydrogens (tertiary/aromatic N) is 2. The zero-order valence-corrected chi connectivity index (χ0v) is 14.3. The maximum Gasteiger partial charge on any atom is 0.127 e. The van der Waals surface area contributed by atoms with Crippen LogP contribution in [0.3, 0.4) is 0 Å². The molecule has 2 unspecified atom stereocenters. The lowest BCUT2D eigenvalue weighted by Gasteiger charge is -2.46. The lowest BCUT2D eigenvalue weighted by Crippen LogP contribution is -2.54. The van der Waals surface area contributed by atoms with Crippen LogP contribution in [0.1, 0.15) is 31.0 Å². The van der Waals surface area contributed by atoms with E-state index in [1.54, 1.807) is 0 Å². The van der Waals surface area contributed by atoms with Gasteiger partial charge in [-0.25, -0.2) is 0 Å². The average molecular weight is 303 g/mol. The van der Waals surface area contributed by atoms with E-state index < -0.39 is 0 Å². The van der Waals surface area contributed by atoms with E-state index in [4.69, 9.17) is 10.5 Å². The monoisotopic (exact) mass is 303 g/mol. The minimum atomic E-state index is -0.234. The van der Waals surface area contributed by atoms with Gasteiger partial charge in [0.25, 0.3) is 0 Å². The Morgan fingerprint density at radius 1 is 1.23 bits per heavy atom. The highest BCUT2D eigenvalue weighted by Crippen LogP contribution is 2.44. The number of hydrogen-bond donors (Lipinski definition) is 1. The third-order valence-corrected chi connectivity index (χ3v) is 5.34. The Morgan fingerprint density at radius 3 is 2.59 bits per heavy atom. The van der Waals surface area contributed by atoms with Crippen molar-refractivity contribution in [2.24, 2.45) is 11.7 Å². The molecule has 0 aromatic heterocycles. The number of ether oxygens (including phenoxy) is 1. The average Bonchev–Trinajstić information content (AvgIpc) is 2.46. The molecule has 1 saturated heterocycles. The van der Waals surface area contributed by atoms with Crippen LogP contribution < -0.4 is 10.5 Å². The standard InChI is InChI=1S/C18H29N3O/c1-13-6-5-7-14-16(19)15(18(2,3)22-17(13)14)12-21-10-8-20(4)9-11-21/h5-7,15-16H,8-12,19H2,1-4H3. The van der Waals surface area contributed by atoms with Gasteiger partial charge in [-0.2, -0.15) is 0 Å². The third kappa shape index (κ3) is 2.87. The summed E-state index contributed by atoms with van der Waals surface area (Å²) in [5, 5.41) is 0. The molecule has 2 aliphatic rings. The molecule has 4 nitrogen and oxygen atoms in total. The maximum atomic E-state index is 6.66. The summed E-state index contributed by atoms with van der Waals surface area (Å²) >= 11 is 0. The SMILES string of the molecule is Cc1cccc2c1OC(C)(C)C(CN1CCN(C)CC1)C2N. The molecule has 0 amide bonds. The summed E-state index contributed by atoms with van der Waals surface area (Å²) in [7, 11) is 2.19. The Morgan fingerprint density at radius 2 is 1.91 bits per heavy atom. The second kappa shape index (κ2) is 5.84. The number of para-hydroxylation sites is 1. The first-order chi connectivity index (χ1) is 10.4. The van der Waals surface area contributed by atoms with Crippen LogP contribution in [0.5, 0.6) is 5.75 Å². The molecule has 0 aliphatic carbocycles. The molecule has 122 valence electrons. The van der Waals surface area contributed by atoms with Crippen molar-refractivity contribution in [1.82, 2.24) is 9.80 Å². The van der Waals surface area contributed by atoms with Crippen molar-refractivity contribution in [3.63, 3.8) is 0 Å². The van der Waals surface area contributed by atoms with E-state index in [0.717, 1.165) is 38.5 Å². The molecule has 0 saturated carbocycles. The second-order valence-corrected chi connectivity index (χ2v) is 7.43. The number of nitrogens with two attached hydrogens (primary N) is 1. The summed E-state index contributed by atoms with van der Waals surface area (Å²) in [6, 6.07) is 6.35. The zero-order valence-electron chi connectivity index (χ0n) is 14.3. The molecule has 0 radical (unpaired) electrons. The van der Waals surface area contributed by atoms with E-state index in [-0.39, 0.29) is 11.6 Å². The van der Waals surface area contributed by atoms with Gasteiger partial charge >= 0.3 is 0 Å². The van der Waals surface area contributed by atoms with Crippen LogP contribution in [0, 0.1) is 12.8 Å². The lowest BCUT2D eigenvalue weighted by atomic mass is 9.78. The van der Waals surface area contributed by atoms with Crippen LogP contribution in [-0.2, 0) is 0 Å². The van der Waals surface area contributed by atoms with Gasteiger partial charge < -0.3 is 20.3 Å². The first-order valence-electron chi connectivity index (χ1n) is 8.33. The molecule has 2 aliphatic heterocycles. The topological polar surface area (TPSA) is 41.7 Å². The maximum absolute atomic E-state index is 6.66. The summed E-state index contributed by atoms with van der Waals surface area (Å²) in [4.78, 5) is 4.92. The van der Waals surface area contributed by atoms with Crippen molar-refractivity contribution in [3.8, 4) is 5.75 Å². The first kappa shape index (κ1) is 15.8.